The number of nitrogens with one attached hydrogen (secondary N) is 1. The highest BCUT2D eigenvalue weighted by molar-refractivity contribution is 7.57. The first kappa shape index (κ1) is 21.5. The second kappa shape index (κ2) is 9.90. The van der Waals surface area contributed by atoms with Crippen molar-refractivity contribution in [1.29, 1.82) is 0 Å². The maximum absolute atomic E-state index is 12.4. The SMILES string of the molecule is COc1ccc(OC)c(C(C)NC[C@@H](O)CP(=O)(O)Cc2ccccc2)c1. The zero-order valence-electron chi connectivity index (χ0n) is 16.0. The largest absolute Gasteiger partial charge is 0.497 e. The highest BCUT2D eigenvalue weighted by atomic mass is 31.2. The van der Waals surface area contributed by atoms with Crippen LogP contribution in [0.3, 0.4) is 0 Å². The van der Waals surface area contributed by atoms with Gasteiger partial charge < -0.3 is 24.8 Å². The summed E-state index contributed by atoms with van der Waals surface area (Å²) in [5, 5.41) is 13.4. The first-order valence-electron chi connectivity index (χ1n) is 8.82. The van der Waals surface area contributed by atoms with E-state index in [2.05, 4.69) is 5.32 Å². The molecule has 0 fully saturated rings. The molecule has 0 aliphatic rings. The molecule has 0 saturated carbocycles. The molecule has 2 aromatic rings. The summed E-state index contributed by atoms with van der Waals surface area (Å²) >= 11 is 0. The lowest BCUT2D eigenvalue weighted by molar-refractivity contribution is 0.186. The molecule has 0 radical (unpaired) electrons. The Morgan fingerprint density at radius 3 is 2.44 bits per heavy atom. The Balaban J connectivity index is 1.93. The predicted octanol–water partition coefficient (Wildman–Crippen LogP) is 3.19. The third-order valence-corrected chi connectivity index (χ3v) is 6.18. The number of aliphatic hydroxyl groups is 1. The Morgan fingerprint density at radius 1 is 1.11 bits per heavy atom. The molecular weight excluding hydrogens is 365 g/mol. The van der Waals surface area contributed by atoms with E-state index >= 15 is 0 Å². The predicted molar refractivity (Wildman–Crippen MR) is 107 cm³/mol. The van der Waals surface area contributed by atoms with E-state index in [1.165, 1.54) is 0 Å². The molecule has 0 aliphatic carbocycles. The van der Waals surface area contributed by atoms with Gasteiger partial charge in [0.1, 0.15) is 11.5 Å². The molecule has 7 heteroatoms. The van der Waals surface area contributed by atoms with E-state index in [1.54, 1.807) is 14.2 Å². The second-order valence-corrected chi connectivity index (χ2v) is 8.94. The van der Waals surface area contributed by atoms with Crippen LogP contribution >= 0.6 is 7.37 Å². The van der Waals surface area contributed by atoms with Crippen LogP contribution in [0, 0.1) is 0 Å². The van der Waals surface area contributed by atoms with Crippen LogP contribution in [0.15, 0.2) is 48.5 Å². The van der Waals surface area contributed by atoms with Gasteiger partial charge in [-0.1, -0.05) is 30.3 Å². The fourth-order valence-corrected chi connectivity index (χ4v) is 4.63. The molecule has 0 aliphatic heterocycles. The standard InChI is InChI=1S/C20H28NO5P/c1-15(19-11-18(25-2)9-10-20(19)26-3)21-12-17(22)14-27(23,24)13-16-7-5-4-6-8-16/h4-11,15,17,21-22H,12-14H2,1-3H3,(H,23,24)/t15?,17-/m1/s1. The van der Waals surface area contributed by atoms with Crippen molar-refractivity contribution in [1.82, 2.24) is 5.32 Å². The lowest BCUT2D eigenvalue weighted by atomic mass is 10.1. The van der Waals surface area contributed by atoms with E-state index in [9.17, 15) is 14.6 Å². The van der Waals surface area contributed by atoms with Crippen LogP contribution < -0.4 is 14.8 Å². The first-order chi connectivity index (χ1) is 12.8. The molecule has 0 spiro atoms. The first-order valence-corrected chi connectivity index (χ1v) is 10.9. The van der Waals surface area contributed by atoms with Crippen molar-refractivity contribution in [3.05, 3.63) is 59.7 Å². The summed E-state index contributed by atoms with van der Waals surface area (Å²) in [5.41, 5.74) is 1.68. The number of methoxy groups -OCH3 is 2. The normalized spacial score (nSPS) is 15.6. The van der Waals surface area contributed by atoms with Crippen molar-refractivity contribution in [2.75, 3.05) is 26.9 Å². The van der Waals surface area contributed by atoms with Gasteiger partial charge in [0.05, 0.1) is 26.5 Å². The molecule has 2 unspecified atom stereocenters. The highest BCUT2D eigenvalue weighted by Crippen LogP contribution is 2.44. The van der Waals surface area contributed by atoms with E-state index in [0.29, 0.717) is 11.5 Å². The van der Waals surface area contributed by atoms with Crippen molar-refractivity contribution >= 4 is 7.37 Å². The summed E-state index contributed by atoms with van der Waals surface area (Å²) in [6.07, 6.45) is -1.02. The van der Waals surface area contributed by atoms with Crippen LogP contribution in [-0.4, -0.2) is 43.0 Å². The van der Waals surface area contributed by atoms with Gasteiger partial charge in [-0.2, -0.15) is 0 Å². The Morgan fingerprint density at radius 2 is 1.81 bits per heavy atom. The van der Waals surface area contributed by atoms with Crippen LogP contribution in [0.4, 0.5) is 0 Å². The number of benzene rings is 2. The lowest BCUT2D eigenvalue weighted by Crippen LogP contribution is -2.31. The van der Waals surface area contributed by atoms with Crippen molar-refractivity contribution < 1.29 is 24.0 Å². The van der Waals surface area contributed by atoms with Crippen molar-refractivity contribution in [3.63, 3.8) is 0 Å². The van der Waals surface area contributed by atoms with Gasteiger partial charge in [0, 0.05) is 24.3 Å². The van der Waals surface area contributed by atoms with Crippen LogP contribution in [0.5, 0.6) is 11.5 Å². The zero-order chi connectivity index (χ0) is 19.9. The Bertz CT molecular complexity index is 768. The van der Waals surface area contributed by atoms with Crippen LogP contribution in [-0.2, 0) is 10.7 Å². The molecule has 6 nitrogen and oxygen atoms in total. The molecule has 0 heterocycles. The molecule has 0 bridgehead atoms. The topological polar surface area (TPSA) is 88.0 Å². The minimum atomic E-state index is -3.47. The van der Waals surface area contributed by atoms with Gasteiger partial charge in [-0.25, -0.2) is 0 Å². The maximum atomic E-state index is 12.4. The van der Waals surface area contributed by atoms with Gasteiger partial charge in [-0.15, -0.1) is 0 Å². The van der Waals surface area contributed by atoms with Gasteiger partial charge in [-0.3, -0.25) is 4.57 Å². The summed E-state index contributed by atoms with van der Waals surface area (Å²) in [6.45, 7) is 2.13. The quantitative estimate of drug-likeness (QED) is 0.538. The van der Waals surface area contributed by atoms with Gasteiger partial charge >= 0.3 is 0 Å². The van der Waals surface area contributed by atoms with Crippen molar-refractivity contribution in [2.24, 2.45) is 0 Å². The summed E-state index contributed by atoms with van der Waals surface area (Å²) in [4.78, 5) is 10.2. The molecular formula is C20H28NO5P. The minimum Gasteiger partial charge on any atom is -0.497 e. The highest BCUT2D eigenvalue weighted by Gasteiger charge is 2.24. The van der Waals surface area contributed by atoms with Gasteiger partial charge in [0.25, 0.3) is 0 Å². The van der Waals surface area contributed by atoms with E-state index in [0.717, 1.165) is 11.1 Å². The Kier molecular flexibility index (Phi) is 7.87. The fourth-order valence-electron chi connectivity index (χ4n) is 2.93. The van der Waals surface area contributed by atoms with E-state index in [-0.39, 0.29) is 24.9 Å². The number of hydrogen-bond donors (Lipinski definition) is 3. The average molecular weight is 393 g/mol. The lowest BCUT2D eigenvalue weighted by Gasteiger charge is -2.21. The molecule has 3 atom stereocenters. The third kappa shape index (κ3) is 6.67. The third-order valence-electron chi connectivity index (χ3n) is 4.33. The number of hydrogen-bond acceptors (Lipinski definition) is 5. The van der Waals surface area contributed by atoms with Gasteiger partial charge in [0.15, 0.2) is 0 Å². The molecule has 2 rings (SSSR count). The van der Waals surface area contributed by atoms with E-state index in [1.807, 2.05) is 55.5 Å². The summed E-state index contributed by atoms with van der Waals surface area (Å²) < 4.78 is 23.1. The van der Waals surface area contributed by atoms with Crippen LogP contribution in [0.2, 0.25) is 0 Å². The molecule has 27 heavy (non-hydrogen) atoms. The molecule has 2 aromatic carbocycles. The molecule has 0 saturated heterocycles. The van der Waals surface area contributed by atoms with Gasteiger partial charge in [0.2, 0.25) is 7.37 Å². The zero-order valence-corrected chi connectivity index (χ0v) is 16.9. The smallest absolute Gasteiger partial charge is 0.207 e. The summed E-state index contributed by atoms with van der Waals surface area (Å²) in [7, 11) is -0.273. The maximum Gasteiger partial charge on any atom is 0.207 e. The number of rotatable bonds is 10. The van der Waals surface area contributed by atoms with Crippen molar-refractivity contribution in [3.8, 4) is 11.5 Å². The molecule has 3 N–H and O–H groups in total. The fraction of sp³-hybridized carbons (Fsp3) is 0.400. The average Bonchev–Trinajstić information content (AvgIpc) is 2.65. The molecule has 148 valence electrons. The number of ether oxygens (including phenoxy) is 2. The van der Waals surface area contributed by atoms with E-state index in [4.69, 9.17) is 9.47 Å². The monoisotopic (exact) mass is 393 g/mol. The summed E-state index contributed by atoms with van der Waals surface area (Å²) in [6, 6.07) is 14.5. The van der Waals surface area contributed by atoms with Gasteiger partial charge in [-0.05, 0) is 30.7 Å². The minimum absolute atomic E-state index is 0.0597. The van der Waals surface area contributed by atoms with Crippen LogP contribution in [0.25, 0.3) is 0 Å². The second-order valence-electron chi connectivity index (χ2n) is 6.56. The molecule has 0 amide bonds. The van der Waals surface area contributed by atoms with E-state index < -0.39 is 13.5 Å². The van der Waals surface area contributed by atoms with Crippen LogP contribution in [0.1, 0.15) is 24.1 Å². The summed E-state index contributed by atoms with van der Waals surface area (Å²) in [5.74, 6) is 1.42. The number of aliphatic hydroxyl groups excluding tert-OH is 1. The van der Waals surface area contributed by atoms with Crippen molar-refractivity contribution in [2.45, 2.75) is 25.2 Å². The Hall–Kier alpha value is -1.85. The Labute approximate surface area is 160 Å². The molecule has 0 aromatic heterocycles.